The molecule has 0 radical (unpaired) electrons. The van der Waals surface area contributed by atoms with Crippen LogP contribution in [0.4, 0.5) is 27.8 Å². The van der Waals surface area contributed by atoms with Gasteiger partial charge >= 0.3 is 0 Å². The summed E-state index contributed by atoms with van der Waals surface area (Å²) in [5, 5.41) is 2.29. The second-order valence-electron chi connectivity index (χ2n) is 6.64. The third-order valence-electron chi connectivity index (χ3n) is 4.49. The van der Waals surface area contributed by atoms with Crippen molar-refractivity contribution >= 4 is 17.8 Å². The number of nitrogens with zero attached hydrogens (tertiary/aromatic N) is 2. The van der Waals surface area contributed by atoms with E-state index in [9.17, 15) is 26.7 Å². The predicted octanol–water partition coefficient (Wildman–Crippen LogP) is 4.50. The van der Waals surface area contributed by atoms with Gasteiger partial charge in [0.05, 0.1) is 12.2 Å². The van der Waals surface area contributed by atoms with Crippen LogP contribution in [0, 0.1) is 17.5 Å². The van der Waals surface area contributed by atoms with E-state index in [-0.39, 0.29) is 12.4 Å². The topological polar surface area (TPSA) is 45.2 Å². The fourth-order valence-corrected chi connectivity index (χ4v) is 3.11. The van der Waals surface area contributed by atoms with Crippen molar-refractivity contribution in [1.29, 1.82) is 0 Å². The van der Waals surface area contributed by atoms with Gasteiger partial charge in [0.15, 0.2) is 0 Å². The number of piperidine rings is 1. The summed E-state index contributed by atoms with van der Waals surface area (Å²) in [6, 6.07) is 5.59. The Morgan fingerprint density at radius 3 is 2.41 bits per heavy atom. The first kappa shape index (κ1) is 20.9. The molecule has 2 heterocycles. The van der Waals surface area contributed by atoms with Gasteiger partial charge < -0.3 is 5.32 Å². The van der Waals surface area contributed by atoms with E-state index in [0.717, 1.165) is 5.57 Å². The molecule has 0 aliphatic carbocycles. The van der Waals surface area contributed by atoms with Gasteiger partial charge in [0, 0.05) is 25.2 Å². The number of amides is 1. The number of carbonyl (C=O) groups excluding carboxylic acids is 1. The van der Waals surface area contributed by atoms with E-state index in [0.29, 0.717) is 43.8 Å². The van der Waals surface area contributed by atoms with Crippen molar-refractivity contribution in [2.24, 2.45) is 0 Å². The van der Waals surface area contributed by atoms with Crippen molar-refractivity contribution in [2.75, 3.05) is 25.0 Å². The number of aromatic nitrogens is 1. The van der Waals surface area contributed by atoms with E-state index >= 15 is 0 Å². The summed E-state index contributed by atoms with van der Waals surface area (Å²) in [6.07, 6.45) is 0.681. The number of nitrogens with one attached hydrogen (secondary N) is 1. The monoisotopic (exact) mass is 411 g/mol. The summed E-state index contributed by atoms with van der Waals surface area (Å²) in [6.45, 7) is 0.801. The molecule has 9 heteroatoms. The van der Waals surface area contributed by atoms with Crippen LogP contribution in [0.2, 0.25) is 0 Å². The molecule has 0 atom stereocenters. The maximum atomic E-state index is 13.7. The first-order chi connectivity index (χ1) is 13.8. The number of pyridine rings is 1. The Morgan fingerprint density at radius 1 is 1.14 bits per heavy atom. The Balaban J connectivity index is 1.68. The summed E-state index contributed by atoms with van der Waals surface area (Å²) in [4.78, 5) is 18.1. The summed E-state index contributed by atoms with van der Waals surface area (Å²) in [7, 11) is 0. The highest BCUT2D eigenvalue weighted by atomic mass is 19.3. The van der Waals surface area contributed by atoms with Gasteiger partial charge in [-0.2, -0.15) is 0 Å². The summed E-state index contributed by atoms with van der Waals surface area (Å²) >= 11 is 0. The Hall–Kier alpha value is -2.81. The summed E-state index contributed by atoms with van der Waals surface area (Å²) < 4.78 is 65.3. The zero-order valence-corrected chi connectivity index (χ0v) is 15.3. The van der Waals surface area contributed by atoms with Crippen LogP contribution in [-0.2, 0) is 0 Å². The molecular formula is C20H18F5N3O. The molecule has 1 fully saturated rings. The Labute approximate surface area is 164 Å². The van der Waals surface area contributed by atoms with Gasteiger partial charge in [-0.25, -0.2) is 26.9 Å². The van der Waals surface area contributed by atoms with Gasteiger partial charge in [-0.3, -0.25) is 9.69 Å². The van der Waals surface area contributed by atoms with Crippen LogP contribution in [0.25, 0.3) is 6.08 Å². The third kappa shape index (κ3) is 5.60. The van der Waals surface area contributed by atoms with E-state index in [2.05, 4.69) is 10.3 Å². The molecule has 1 aromatic heterocycles. The van der Waals surface area contributed by atoms with Gasteiger partial charge in [0.2, 0.25) is 0 Å². The average molecular weight is 411 g/mol. The molecule has 1 N–H and O–H groups in total. The largest absolute Gasteiger partial charge is 0.306 e. The van der Waals surface area contributed by atoms with Crippen LogP contribution in [0.3, 0.4) is 0 Å². The number of anilines is 1. The molecule has 2 aromatic rings. The molecule has 1 saturated heterocycles. The lowest BCUT2D eigenvalue weighted by Gasteiger charge is -2.27. The average Bonchev–Trinajstić information content (AvgIpc) is 2.62. The SMILES string of the molecule is O=C(Nc1cccc(C=C2CCN(CC(F)F)CC2)n1)c1c(F)cc(F)cc1F. The number of rotatable bonds is 5. The van der Waals surface area contributed by atoms with Gasteiger partial charge in [-0.1, -0.05) is 11.6 Å². The number of benzene rings is 1. The van der Waals surface area contributed by atoms with Crippen LogP contribution in [-0.4, -0.2) is 41.9 Å². The third-order valence-corrected chi connectivity index (χ3v) is 4.49. The number of hydrogen-bond donors (Lipinski definition) is 1. The molecule has 4 nitrogen and oxygen atoms in total. The van der Waals surface area contributed by atoms with Crippen LogP contribution in [0.1, 0.15) is 28.9 Å². The molecule has 0 unspecified atom stereocenters. The molecule has 3 rings (SSSR count). The number of carbonyl (C=O) groups is 1. The second-order valence-corrected chi connectivity index (χ2v) is 6.64. The van der Waals surface area contributed by atoms with Crippen LogP contribution < -0.4 is 5.32 Å². The highest BCUT2D eigenvalue weighted by Crippen LogP contribution is 2.21. The van der Waals surface area contributed by atoms with Crippen LogP contribution >= 0.6 is 0 Å². The van der Waals surface area contributed by atoms with Crippen LogP contribution in [0.5, 0.6) is 0 Å². The first-order valence-corrected chi connectivity index (χ1v) is 8.94. The highest BCUT2D eigenvalue weighted by Gasteiger charge is 2.20. The minimum atomic E-state index is -2.36. The quantitative estimate of drug-likeness (QED) is 0.738. The Bertz CT molecular complexity index is 899. The summed E-state index contributed by atoms with van der Waals surface area (Å²) in [5.74, 6) is -4.76. The van der Waals surface area contributed by atoms with E-state index in [1.165, 1.54) is 6.07 Å². The lowest BCUT2D eigenvalue weighted by Crippen LogP contribution is -2.34. The van der Waals surface area contributed by atoms with Crippen molar-refractivity contribution < 1.29 is 26.7 Å². The van der Waals surface area contributed by atoms with Crippen molar-refractivity contribution in [3.8, 4) is 0 Å². The lowest BCUT2D eigenvalue weighted by molar-refractivity contribution is 0.0845. The fraction of sp³-hybridized carbons (Fsp3) is 0.300. The van der Waals surface area contributed by atoms with Gasteiger partial charge in [0.25, 0.3) is 12.3 Å². The van der Waals surface area contributed by atoms with Crippen molar-refractivity contribution in [2.45, 2.75) is 19.3 Å². The van der Waals surface area contributed by atoms with Crippen molar-refractivity contribution in [3.05, 3.63) is 64.6 Å². The second kappa shape index (κ2) is 9.13. The van der Waals surface area contributed by atoms with E-state index in [4.69, 9.17) is 0 Å². The van der Waals surface area contributed by atoms with Gasteiger partial charge in [0.1, 0.15) is 28.8 Å². The lowest BCUT2D eigenvalue weighted by atomic mass is 10.0. The Kier molecular flexibility index (Phi) is 6.58. The van der Waals surface area contributed by atoms with E-state index in [1.807, 2.05) is 0 Å². The molecule has 1 aliphatic heterocycles. The molecule has 154 valence electrons. The normalized spacial score (nSPS) is 14.9. The Morgan fingerprint density at radius 2 is 1.79 bits per heavy atom. The van der Waals surface area contributed by atoms with Gasteiger partial charge in [-0.15, -0.1) is 0 Å². The predicted molar refractivity (Wildman–Crippen MR) is 98.2 cm³/mol. The maximum Gasteiger partial charge on any atom is 0.262 e. The van der Waals surface area contributed by atoms with E-state index < -0.39 is 35.3 Å². The minimum Gasteiger partial charge on any atom is -0.306 e. The zero-order chi connectivity index (χ0) is 21.0. The fourth-order valence-electron chi connectivity index (χ4n) is 3.11. The molecule has 1 aromatic carbocycles. The molecule has 0 spiro atoms. The molecule has 0 saturated carbocycles. The maximum absolute atomic E-state index is 13.7. The molecule has 1 aliphatic rings. The first-order valence-electron chi connectivity index (χ1n) is 8.94. The molecule has 1 amide bonds. The van der Waals surface area contributed by atoms with Crippen LogP contribution in [0.15, 0.2) is 35.9 Å². The highest BCUT2D eigenvalue weighted by molar-refractivity contribution is 6.04. The zero-order valence-electron chi connectivity index (χ0n) is 15.3. The minimum absolute atomic E-state index is 0.0719. The summed E-state index contributed by atoms with van der Waals surface area (Å²) in [5.41, 5.74) is 0.644. The molecule has 29 heavy (non-hydrogen) atoms. The standard InChI is InChI=1S/C20H18F5N3O/c21-13-9-15(22)19(16(23)10-13)20(29)27-18-3-1-2-14(26-18)8-12-4-6-28(7-5-12)11-17(24)25/h1-3,8-10,17H,4-7,11H2,(H,26,27,29). The van der Waals surface area contributed by atoms with E-state index in [1.54, 1.807) is 23.1 Å². The van der Waals surface area contributed by atoms with Crippen molar-refractivity contribution in [3.63, 3.8) is 0 Å². The van der Waals surface area contributed by atoms with Crippen molar-refractivity contribution in [1.82, 2.24) is 9.88 Å². The number of halogens is 5. The van der Waals surface area contributed by atoms with Gasteiger partial charge in [-0.05, 0) is 31.1 Å². The number of likely N-dealkylation sites (tertiary alicyclic amines) is 1. The number of alkyl halides is 2. The molecule has 0 bridgehead atoms. The number of hydrogen-bond acceptors (Lipinski definition) is 3. The molecular weight excluding hydrogens is 393 g/mol. The smallest absolute Gasteiger partial charge is 0.262 e.